The Bertz CT molecular complexity index is 2400. The number of unbranched alkanes of at least 4 members (excludes halogenated alkanes) is 17. The number of aliphatic hydroxyl groups is 1. The molecule has 0 saturated carbocycles. The molecule has 0 heterocycles. The summed E-state index contributed by atoms with van der Waals surface area (Å²) >= 11 is 0. The van der Waals surface area contributed by atoms with Crippen molar-refractivity contribution in [2.45, 2.75) is 277 Å². The van der Waals surface area contributed by atoms with E-state index in [1.165, 1.54) is 0 Å². The largest absolute Gasteiger partial charge is 0.472 e. The fraction of sp³-hybridized carbons (Fsp3) is 0.636. The van der Waals surface area contributed by atoms with Gasteiger partial charge in [-0.15, -0.1) is 0 Å². The van der Waals surface area contributed by atoms with E-state index < -0.39 is 97.5 Å². The predicted molar refractivity (Wildman–Crippen MR) is 390 cm³/mol. The number of hydrogen-bond acceptors (Lipinski definition) is 15. The van der Waals surface area contributed by atoms with Crippen LogP contribution in [0.1, 0.15) is 259 Å². The third-order valence-corrected chi connectivity index (χ3v) is 16.2. The normalized spacial score (nSPS) is 14.9. The number of carbonyl (C=O) groups is 4. The van der Waals surface area contributed by atoms with Gasteiger partial charge in [0.1, 0.15) is 19.3 Å². The summed E-state index contributed by atoms with van der Waals surface area (Å²) in [5.41, 5.74) is 0. The number of rotatable bonds is 66. The van der Waals surface area contributed by atoms with Crippen molar-refractivity contribution < 1.29 is 80.2 Å². The number of ether oxygens (including phenoxy) is 4. The molecule has 0 aliphatic rings. The highest BCUT2D eigenvalue weighted by Gasteiger charge is 2.30. The monoisotopic (exact) mass is 1380 g/mol. The molecule has 5 atom stereocenters. The van der Waals surface area contributed by atoms with Crippen LogP contribution in [0.5, 0.6) is 0 Å². The highest BCUT2D eigenvalue weighted by Crippen LogP contribution is 2.45. The Labute approximate surface area is 579 Å². The number of aliphatic hydroxyl groups excluding tert-OH is 1. The van der Waals surface area contributed by atoms with Crippen molar-refractivity contribution >= 4 is 39.5 Å². The number of esters is 4. The zero-order valence-corrected chi connectivity index (χ0v) is 61.0. The lowest BCUT2D eigenvalue weighted by Crippen LogP contribution is -2.30. The maximum absolute atomic E-state index is 13.0. The highest BCUT2D eigenvalue weighted by atomic mass is 31.2. The summed E-state index contributed by atoms with van der Waals surface area (Å²) in [6.07, 6.45) is 76.0. The third-order valence-electron chi connectivity index (χ3n) is 14.3. The molecule has 0 aliphatic carbocycles. The van der Waals surface area contributed by atoms with Crippen molar-refractivity contribution in [1.82, 2.24) is 0 Å². The summed E-state index contributed by atoms with van der Waals surface area (Å²) in [6.45, 7) is 4.31. The van der Waals surface area contributed by atoms with Crippen LogP contribution in [0.15, 0.2) is 146 Å². The number of allylic oxidation sites excluding steroid dienone is 23. The fourth-order valence-corrected chi connectivity index (χ4v) is 10.4. The zero-order valence-electron chi connectivity index (χ0n) is 59.2. The van der Waals surface area contributed by atoms with E-state index >= 15 is 0 Å². The van der Waals surface area contributed by atoms with Gasteiger partial charge in [0.2, 0.25) is 0 Å². The van der Waals surface area contributed by atoms with E-state index in [1.54, 1.807) is 6.08 Å². The van der Waals surface area contributed by atoms with Crippen LogP contribution in [0, 0.1) is 0 Å². The molecule has 0 bridgehead atoms. The van der Waals surface area contributed by atoms with E-state index in [0.717, 1.165) is 180 Å². The Morgan fingerprint density at radius 1 is 0.312 bits per heavy atom. The van der Waals surface area contributed by atoms with Crippen LogP contribution < -0.4 is 0 Å². The molecule has 0 aromatic rings. The summed E-state index contributed by atoms with van der Waals surface area (Å²) in [7, 11) is -9.99. The van der Waals surface area contributed by atoms with Crippen LogP contribution in [0.3, 0.4) is 0 Å². The van der Waals surface area contributed by atoms with E-state index in [1.807, 2.05) is 18.2 Å². The fourth-order valence-electron chi connectivity index (χ4n) is 8.85. The second-order valence-electron chi connectivity index (χ2n) is 23.4. The molecule has 0 saturated heterocycles. The lowest BCUT2D eigenvalue weighted by atomic mass is 10.1. The lowest BCUT2D eigenvalue weighted by molar-refractivity contribution is -0.161. The van der Waals surface area contributed by atoms with Crippen LogP contribution in [-0.2, 0) is 65.4 Å². The van der Waals surface area contributed by atoms with Gasteiger partial charge in [0.05, 0.1) is 32.8 Å². The molecule has 0 rings (SSSR count). The van der Waals surface area contributed by atoms with E-state index in [2.05, 4.69) is 149 Å². The molecule has 3 N–H and O–H groups in total. The summed E-state index contributed by atoms with van der Waals surface area (Å²) in [4.78, 5) is 72.6. The topological polar surface area (TPSA) is 237 Å². The molecule has 96 heavy (non-hydrogen) atoms. The number of phosphoric ester groups is 2. The van der Waals surface area contributed by atoms with Gasteiger partial charge in [-0.05, 0) is 135 Å². The SMILES string of the molecule is CC/C=C\C/C=C\C/C=C\C/C=C\C/C=C\CC(=O)OCC(COP(=O)(O)OCC(O)COP(=O)(O)OCC(COC(=O)CCCCCCC/C=C\C/C=C\CCC)OC(=O)CCCCCCC/C=C\C/C=C\CCC)OC(=O)CCCCCCC/C=C\C/C=C\C/C=C\CC. The quantitative estimate of drug-likeness (QED) is 0.0169. The molecule has 0 aromatic heterocycles. The van der Waals surface area contributed by atoms with Crippen LogP contribution in [0.25, 0.3) is 0 Å². The van der Waals surface area contributed by atoms with Gasteiger partial charge in [0.25, 0.3) is 0 Å². The first kappa shape index (κ1) is 90.9. The Hall–Kier alpha value is -5.06. The standard InChI is InChI=1S/C77H126O17P2/c1-5-9-13-17-21-25-29-33-35-39-42-46-50-54-58-62-75(80)88-68-73(94-77(82)64-60-56-52-48-44-40-36-34-30-26-22-18-14-10-6-2)70-92-96(85,86)90-66-71(78)65-89-95(83,84)91-69-72(93-76(81)63-59-55-51-47-43-38-32-28-24-20-16-12-8-4)67-87-74(79)61-57-53-49-45-41-37-31-27-23-19-15-11-7-3/h9-10,13-16,19-22,25-28,31-36,42,46,54,58,71-73,78H,5-8,11-12,17-18,23-24,29-30,37-41,43-45,47-53,55-57,59-70H2,1-4H3,(H,83,84)(H,85,86)/b13-9-,14-10-,19-15-,20-16-,25-21-,26-22-,31-27-,32-28-,35-33-,36-34-,46-42-,58-54-. The Balaban J connectivity index is 5.46. The van der Waals surface area contributed by atoms with Crippen LogP contribution in [-0.4, -0.2) is 96.7 Å². The van der Waals surface area contributed by atoms with E-state index in [0.29, 0.717) is 25.7 Å². The molecule has 19 heteroatoms. The number of carbonyl (C=O) groups excluding carboxylic acids is 4. The second-order valence-corrected chi connectivity index (χ2v) is 26.3. The zero-order chi connectivity index (χ0) is 70.4. The Kier molecular flexibility index (Phi) is 64.9. The molecular formula is C77H126O17P2. The smallest absolute Gasteiger partial charge is 0.462 e. The first-order valence-corrected chi connectivity index (χ1v) is 39.1. The van der Waals surface area contributed by atoms with Crippen molar-refractivity contribution in [2.75, 3.05) is 39.6 Å². The van der Waals surface area contributed by atoms with Crippen molar-refractivity contribution in [2.24, 2.45) is 0 Å². The van der Waals surface area contributed by atoms with Crippen LogP contribution in [0.2, 0.25) is 0 Å². The van der Waals surface area contributed by atoms with Crippen molar-refractivity contribution in [3.63, 3.8) is 0 Å². The molecule has 0 aliphatic heterocycles. The highest BCUT2D eigenvalue weighted by molar-refractivity contribution is 7.47. The second kappa shape index (κ2) is 68.5. The van der Waals surface area contributed by atoms with Gasteiger partial charge >= 0.3 is 39.5 Å². The summed E-state index contributed by atoms with van der Waals surface area (Å²) in [5.74, 6) is -2.39. The van der Waals surface area contributed by atoms with Crippen molar-refractivity contribution in [3.05, 3.63) is 146 Å². The minimum Gasteiger partial charge on any atom is -0.462 e. The first-order chi connectivity index (χ1) is 46.7. The van der Waals surface area contributed by atoms with Crippen LogP contribution >= 0.6 is 15.6 Å². The van der Waals surface area contributed by atoms with Crippen molar-refractivity contribution in [3.8, 4) is 0 Å². The van der Waals surface area contributed by atoms with Gasteiger partial charge in [-0.1, -0.05) is 244 Å². The van der Waals surface area contributed by atoms with Gasteiger partial charge in [-0.2, -0.15) is 0 Å². The summed E-state index contributed by atoms with van der Waals surface area (Å²) in [5, 5.41) is 10.6. The minimum absolute atomic E-state index is 0.0510. The van der Waals surface area contributed by atoms with Gasteiger partial charge in [0, 0.05) is 19.3 Å². The van der Waals surface area contributed by atoms with Gasteiger partial charge in [-0.3, -0.25) is 37.3 Å². The maximum Gasteiger partial charge on any atom is 0.472 e. The Morgan fingerprint density at radius 3 is 0.927 bits per heavy atom. The van der Waals surface area contributed by atoms with Crippen molar-refractivity contribution in [1.29, 1.82) is 0 Å². The molecule has 546 valence electrons. The van der Waals surface area contributed by atoms with Gasteiger partial charge in [0.15, 0.2) is 12.2 Å². The number of phosphoric acid groups is 2. The molecule has 5 unspecified atom stereocenters. The molecule has 0 aromatic carbocycles. The lowest BCUT2D eigenvalue weighted by Gasteiger charge is -2.21. The molecular weight excluding hydrogens is 1260 g/mol. The first-order valence-electron chi connectivity index (χ1n) is 36.1. The Morgan fingerprint density at radius 2 is 0.583 bits per heavy atom. The average Bonchev–Trinajstić information content (AvgIpc) is 1.36. The summed E-state index contributed by atoms with van der Waals surface area (Å²) in [6, 6.07) is 0. The minimum atomic E-state index is -5.00. The van der Waals surface area contributed by atoms with Crippen LogP contribution in [0.4, 0.5) is 0 Å². The predicted octanol–water partition coefficient (Wildman–Crippen LogP) is 20.3. The van der Waals surface area contributed by atoms with E-state index in [4.69, 9.17) is 37.0 Å². The molecule has 0 amide bonds. The average molecular weight is 1390 g/mol. The third kappa shape index (κ3) is 67.5. The number of hydrogen-bond donors (Lipinski definition) is 3. The van der Waals surface area contributed by atoms with Gasteiger partial charge in [-0.25, -0.2) is 9.13 Å². The molecule has 17 nitrogen and oxygen atoms in total. The molecule has 0 radical (unpaired) electrons. The summed E-state index contributed by atoms with van der Waals surface area (Å²) < 4.78 is 68.1. The van der Waals surface area contributed by atoms with E-state index in [-0.39, 0.29) is 25.7 Å². The molecule has 0 fully saturated rings. The maximum atomic E-state index is 13.0. The van der Waals surface area contributed by atoms with Gasteiger partial charge < -0.3 is 33.8 Å². The molecule has 0 spiro atoms. The van der Waals surface area contributed by atoms with E-state index in [9.17, 15) is 43.2 Å².